The molecule has 0 aliphatic heterocycles. The summed E-state index contributed by atoms with van der Waals surface area (Å²) >= 11 is 1.19. The van der Waals surface area contributed by atoms with Crippen molar-refractivity contribution < 1.29 is 17.2 Å². The zero-order chi connectivity index (χ0) is 18.7. The number of thiophene rings is 1. The number of benzene rings is 1. The molecule has 4 aromatic rings. The molecular weight excluding hydrogens is 386 g/mol. The molecule has 7 nitrogen and oxygen atoms in total. The summed E-state index contributed by atoms with van der Waals surface area (Å²) in [6.07, 6.45) is 0. The molecular formula is C15H10F2N4O3S2. The fourth-order valence-corrected chi connectivity index (χ4v) is 4.59. The predicted molar refractivity (Wildman–Crippen MR) is 90.5 cm³/mol. The summed E-state index contributed by atoms with van der Waals surface area (Å²) in [4.78, 5) is 14.4. The molecule has 26 heavy (non-hydrogen) atoms. The van der Waals surface area contributed by atoms with E-state index in [-0.39, 0.29) is 16.1 Å². The van der Waals surface area contributed by atoms with Crippen molar-refractivity contribution in [1.82, 2.24) is 19.8 Å². The first-order valence-corrected chi connectivity index (χ1v) is 9.64. The number of fused-ring (bicyclic) bond motifs is 3. The van der Waals surface area contributed by atoms with Crippen molar-refractivity contribution in [3.05, 3.63) is 51.6 Å². The lowest BCUT2D eigenvalue weighted by Crippen LogP contribution is -2.11. The number of halogens is 2. The van der Waals surface area contributed by atoms with Crippen LogP contribution in [0, 0.1) is 0 Å². The number of aromatic nitrogens is 4. The third kappa shape index (κ3) is 2.42. The second kappa shape index (κ2) is 5.42. The lowest BCUT2D eigenvalue weighted by Gasteiger charge is -2.10. The van der Waals surface area contributed by atoms with Gasteiger partial charge >= 0.3 is 0 Å². The van der Waals surface area contributed by atoms with E-state index in [0.717, 1.165) is 31.2 Å². The lowest BCUT2D eigenvalue weighted by atomic mass is 10.1. The Bertz CT molecular complexity index is 1300. The molecule has 0 unspecified atom stereocenters. The van der Waals surface area contributed by atoms with Gasteiger partial charge in [0.05, 0.1) is 10.4 Å². The van der Waals surface area contributed by atoms with Crippen LogP contribution in [0.2, 0.25) is 0 Å². The smallest absolute Gasteiger partial charge is 0.270 e. The van der Waals surface area contributed by atoms with E-state index in [2.05, 4.69) is 15.3 Å². The molecule has 0 saturated carbocycles. The van der Waals surface area contributed by atoms with Crippen LogP contribution in [0.15, 0.2) is 50.4 Å². The first-order chi connectivity index (χ1) is 12.2. The molecule has 0 aliphatic rings. The standard InChI is InChI=1S/C15H10F2N4O3S2/c1-15(16,17)8-2-4-9(5-3-8)26(23,24)14-12-18-13(22)11-10(6-7-25-11)21(12)20-19-14/h2-7H,1H3,(H,18,22). The van der Waals surface area contributed by atoms with Crippen LogP contribution in [0.1, 0.15) is 12.5 Å². The molecule has 0 amide bonds. The zero-order valence-electron chi connectivity index (χ0n) is 13.1. The van der Waals surface area contributed by atoms with Gasteiger partial charge in [0.2, 0.25) is 14.9 Å². The topological polar surface area (TPSA) is 97.2 Å². The van der Waals surface area contributed by atoms with Crippen molar-refractivity contribution in [2.45, 2.75) is 22.8 Å². The Morgan fingerprint density at radius 1 is 1.19 bits per heavy atom. The van der Waals surface area contributed by atoms with Crippen molar-refractivity contribution in [3.8, 4) is 0 Å². The summed E-state index contributed by atoms with van der Waals surface area (Å²) in [5.41, 5.74) is -0.408. The predicted octanol–water partition coefficient (Wildman–Crippen LogP) is 2.58. The molecule has 0 radical (unpaired) electrons. The molecule has 0 aliphatic carbocycles. The highest BCUT2D eigenvalue weighted by Gasteiger charge is 2.28. The highest BCUT2D eigenvalue weighted by molar-refractivity contribution is 7.91. The Morgan fingerprint density at radius 3 is 2.54 bits per heavy atom. The van der Waals surface area contributed by atoms with E-state index >= 15 is 0 Å². The van der Waals surface area contributed by atoms with Crippen LogP contribution in [0.25, 0.3) is 15.9 Å². The van der Waals surface area contributed by atoms with Crippen LogP contribution in [0.3, 0.4) is 0 Å². The largest absolute Gasteiger partial charge is 0.303 e. The lowest BCUT2D eigenvalue weighted by molar-refractivity contribution is 0.0174. The zero-order valence-corrected chi connectivity index (χ0v) is 14.7. The molecule has 0 saturated heterocycles. The maximum atomic E-state index is 13.3. The van der Waals surface area contributed by atoms with E-state index in [1.807, 2.05) is 0 Å². The molecule has 11 heteroatoms. The summed E-state index contributed by atoms with van der Waals surface area (Å²) in [5, 5.41) is 8.74. The third-order valence-electron chi connectivity index (χ3n) is 3.88. The van der Waals surface area contributed by atoms with Crippen molar-refractivity contribution in [2.75, 3.05) is 0 Å². The number of rotatable bonds is 3. The van der Waals surface area contributed by atoms with Gasteiger partial charge in [-0.1, -0.05) is 17.3 Å². The van der Waals surface area contributed by atoms with Gasteiger partial charge in [-0.05, 0) is 23.6 Å². The van der Waals surface area contributed by atoms with Gasteiger partial charge in [0.1, 0.15) is 4.70 Å². The summed E-state index contributed by atoms with van der Waals surface area (Å²) in [6, 6.07) is 5.87. The quantitative estimate of drug-likeness (QED) is 0.574. The fourth-order valence-electron chi connectivity index (χ4n) is 2.57. The van der Waals surface area contributed by atoms with Crippen LogP contribution >= 0.6 is 11.3 Å². The highest BCUT2D eigenvalue weighted by atomic mass is 32.2. The van der Waals surface area contributed by atoms with E-state index in [0.29, 0.717) is 10.2 Å². The first-order valence-electron chi connectivity index (χ1n) is 7.28. The van der Waals surface area contributed by atoms with E-state index in [4.69, 9.17) is 0 Å². The van der Waals surface area contributed by atoms with Crippen LogP contribution in [0.5, 0.6) is 0 Å². The fraction of sp³-hybridized carbons (Fsp3) is 0.133. The Balaban J connectivity index is 1.91. The normalized spacial score (nSPS) is 12.9. The van der Waals surface area contributed by atoms with Gasteiger partial charge in [-0.3, -0.25) is 4.79 Å². The van der Waals surface area contributed by atoms with Crippen LogP contribution in [-0.2, 0) is 15.8 Å². The average Bonchev–Trinajstić information content (AvgIpc) is 3.21. The van der Waals surface area contributed by atoms with Crippen molar-refractivity contribution in [1.29, 1.82) is 0 Å². The van der Waals surface area contributed by atoms with E-state index in [1.165, 1.54) is 15.9 Å². The van der Waals surface area contributed by atoms with E-state index in [9.17, 15) is 22.0 Å². The molecule has 4 rings (SSSR count). The van der Waals surface area contributed by atoms with Crippen LogP contribution in [-0.4, -0.2) is 28.2 Å². The van der Waals surface area contributed by atoms with Gasteiger partial charge in [-0.15, -0.1) is 16.4 Å². The molecule has 0 atom stereocenters. The Labute approximate surface area is 148 Å². The van der Waals surface area contributed by atoms with Gasteiger partial charge in [-0.2, -0.15) is 4.52 Å². The highest BCUT2D eigenvalue weighted by Crippen LogP contribution is 2.29. The number of nitrogens with zero attached hydrogens (tertiary/aromatic N) is 3. The maximum Gasteiger partial charge on any atom is 0.270 e. The number of aromatic amines is 1. The molecule has 3 heterocycles. The van der Waals surface area contributed by atoms with Crippen molar-refractivity contribution in [2.24, 2.45) is 0 Å². The number of nitrogens with one attached hydrogen (secondary N) is 1. The minimum absolute atomic E-state index is 0.0780. The summed E-state index contributed by atoms with van der Waals surface area (Å²) in [7, 11) is -4.16. The Morgan fingerprint density at radius 2 is 1.88 bits per heavy atom. The Hall–Kier alpha value is -2.66. The second-order valence-corrected chi connectivity index (χ2v) is 8.44. The second-order valence-electron chi connectivity index (χ2n) is 5.66. The van der Waals surface area contributed by atoms with Gasteiger partial charge < -0.3 is 4.98 Å². The van der Waals surface area contributed by atoms with Crippen molar-refractivity contribution >= 4 is 37.0 Å². The number of hydrogen-bond acceptors (Lipinski definition) is 6. The van der Waals surface area contributed by atoms with Crippen LogP contribution < -0.4 is 5.56 Å². The van der Waals surface area contributed by atoms with Gasteiger partial charge in [-0.25, -0.2) is 17.2 Å². The molecule has 1 N–H and O–H groups in total. The molecule has 0 fully saturated rings. The molecule has 0 bridgehead atoms. The van der Waals surface area contributed by atoms with Gasteiger partial charge in [0.25, 0.3) is 11.5 Å². The molecule has 134 valence electrons. The average molecular weight is 396 g/mol. The van der Waals surface area contributed by atoms with Gasteiger partial charge in [0.15, 0.2) is 5.65 Å². The molecule has 3 aromatic heterocycles. The summed E-state index contributed by atoms with van der Waals surface area (Å²) in [5.74, 6) is -3.08. The van der Waals surface area contributed by atoms with E-state index < -0.39 is 26.3 Å². The third-order valence-corrected chi connectivity index (χ3v) is 6.46. The monoisotopic (exact) mass is 396 g/mol. The maximum absolute atomic E-state index is 13.3. The number of alkyl halides is 2. The number of hydrogen-bond donors (Lipinski definition) is 1. The number of H-pyrrole nitrogens is 1. The number of sulfone groups is 1. The van der Waals surface area contributed by atoms with Gasteiger partial charge in [0, 0.05) is 12.5 Å². The Kier molecular flexibility index (Phi) is 3.50. The summed E-state index contributed by atoms with van der Waals surface area (Å²) < 4.78 is 53.9. The van der Waals surface area contributed by atoms with E-state index in [1.54, 1.807) is 11.4 Å². The molecule has 1 aromatic carbocycles. The SMILES string of the molecule is CC(F)(F)c1ccc(S(=O)(=O)c2nnn3c2[nH]c(=O)c2sccc23)cc1. The van der Waals surface area contributed by atoms with Crippen molar-refractivity contribution in [3.63, 3.8) is 0 Å². The first kappa shape index (κ1) is 16.8. The minimum Gasteiger partial charge on any atom is -0.303 e. The molecule has 0 spiro atoms. The minimum atomic E-state index is -4.16. The van der Waals surface area contributed by atoms with Crippen LogP contribution in [0.4, 0.5) is 8.78 Å². The summed E-state index contributed by atoms with van der Waals surface area (Å²) in [6.45, 7) is 0.722.